The van der Waals surface area contributed by atoms with Gasteiger partial charge < -0.3 is 9.62 Å². The Morgan fingerprint density at radius 3 is 2.28 bits per heavy atom. The number of rotatable bonds is 2. The lowest BCUT2D eigenvalue weighted by atomic mass is 9.86. The second-order valence-corrected chi connectivity index (χ2v) is 5.27. The third-order valence-corrected chi connectivity index (χ3v) is 2.85. The minimum absolute atomic E-state index is 0.149. The molecule has 2 rings (SSSR count). The minimum Gasteiger partial charge on any atom is -0.455 e. The molecule has 0 aliphatic carbocycles. The van der Waals surface area contributed by atoms with E-state index in [1.165, 1.54) is 11.8 Å². The fourth-order valence-electron chi connectivity index (χ4n) is 1.77. The van der Waals surface area contributed by atoms with Crippen LogP contribution in [0.15, 0.2) is 46.0 Å². The summed E-state index contributed by atoms with van der Waals surface area (Å²) in [6, 6.07) is 11.9. The summed E-state index contributed by atoms with van der Waals surface area (Å²) < 4.78 is 5.53. The van der Waals surface area contributed by atoms with E-state index in [0.29, 0.717) is 5.76 Å². The molecule has 18 heavy (non-hydrogen) atoms. The number of nitrogens with zero attached hydrogens (tertiary/aromatic N) is 1. The molecule has 0 fully saturated rings. The maximum absolute atomic E-state index is 8.43. The summed E-state index contributed by atoms with van der Waals surface area (Å²) in [6.07, 6.45) is 1.27. The van der Waals surface area contributed by atoms with Crippen molar-refractivity contribution in [2.24, 2.45) is 5.16 Å². The molecule has 2 aromatic rings. The maximum Gasteiger partial charge on any atom is 0.149 e. The SMILES string of the molecule is CC(C)(C)c1ccc(-c2ccc(/C=N/O)o2)cc1. The first-order chi connectivity index (χ1) is 8.50. The van der Waals surface area contributed by atoms with Crippen LogP contribution in [-0.4, -0.2) is 11.4 Å². The van der Waals surface area contributed by atoms with Crippen molar-refractivity contribution >= 4 is 6.21 Å². The number of hydrogen-bond acceptors (Lipinski definition) is 3. The highest BCUT2D eigenvalue weighted by atomic mass is 16.4. The zero-order chi connectivity index (χ0) is 13.2. The largest absolute Gasteiger partial charge is 0.455 e. The molecule has 94 valence electrons. The van der Waals surface area contributed by atoms with Crippen LogP contribution in [0.5, 0.6) is 0 Å². The van der Waals surface area contributed by atoms with Gasteiger partial charge >= 0.3 is 0 Å². The first-order valence-electron chi connectivity index (χ1n) is 5.89. The van der Waals surface area contributed by atoms with E-state index in [2.05, 4.69) is 38.1 Å². The predicted octanol–water partition coefficient (Wildman–Crippen LogP) is 4.05. The Morgan fingerprint density at radius 1 is 1.06 bits per heavy atom. The van der Waals surface area contributed by atoms with Gasteiger partial charge in [0.2, 0.25) is 0 Å². The third-order valence-electron chi connectivity index (χ3n) is 2.85. The molecule has 0 bridgehead atoms. The molecule has 0 spiro atoms. The quantitative estimate of drug-likeness (QED) is 0.491. The van der Waals surface area contributed by atoms with Gasteiger partial charge in [-0.1, -0.05) is 50.2 Å². The number of furan rings is 1. The Hall–Kier alpha value is -2.03. The Bertz CT molecular complexity index is 545. The molecular formula is C15H17NO2. The van der Waals surface area contributed by atoms with Gasteiger partial charge in [0, 0.05) is 5.56 Å². The van der Waals surface area contributed by atoms with E-state index in [-0.39, 0.29) is 5.41 Å². The van der Waals surface area contributed by atoms with Crippen molar-refractivity contribution in [3.05, 3.63) is 47.7 Å². The Balaban J connectivity index is 2.28. The highest BCUT2D eigenvalue weighted by molar-refractivity contribution is 5.76. The Kier molecular flexibility index (Phi) is 3.24. The molecule has 3 nitrogen and oxygen atoms in total. The van der Waals surface area contributed by atoms with Crippen molar-refractivity contribution in [3.8, 4) is 11.3 Å². The van der Waals surface area contributed by atoms with Crippen LogP contribution in [0.4, 0.5) is 0 Å². The molecule has 0 saturated heterocycles. The molecular weight excluding hydrogens is 226 g/mol. The molecule has 0 saturated carbocycles. The smallest absolute Gasteiger partial charge is 0.149 e. The molecule has 0 aliphatic heterocycles. The fourth-order valence-corrected chi connectivity index (χ4v) is 1.77. The maximum atomic E-state index is 8.43. The van der Waals surface area contributed by atoms with Crippen LogP contribution in [-0.2, 0) is 5.41 Å². The van der Waals surface area contributed by atoms with Crippen molar-refractivity contribution in [3.63, 3.8) is 0 Å². The summed E-state index contributed by atoms with van der Waals surface area (Å²) in [5.41, 5.74) is 2.45. The van der Waals surface area contributed by atoms with E-state index < -0.39 is 0 Å². The topological polar surface area (TPSA) is 45.7 Å². The van der Waals surface area contributed by atoms with Gasteiger partial charge in [-0.05, 0) is 23.1 Å². The molecule has 1 heterocycles. The van der Waals surface area contributed by atoms with Crippen molar-refractivity contribution in [1.82, 2.24) is 0 Å². The van der Waals surface area contributed by atoms with Crippen LogP contribution in [0, 0.1) is 0 Å². The zero-order valence-corrected chi connectivity index (χ0v) is 10.8. The predicted molar refractivity (Wildman–Crippen MR) is 72.2 cm³/mol. The van der Waals surface area contributed by atoms with Gasteiger partial charge in [0.05, 0.1) is 0 Å². The van der Waals surface area contributed by atoms with Crippen LogP contribution in [0.2, 0.25) is 0 Å². The van der Waals surface area contributed by atoms with Crippen LogP contribution >= 0.6 is 0 Å². The van der Waals surface area contributed by atoms with Crippen LogP contribution in [0.1, 0.15) is 32.1 Å². The second-order valence-electron chi connectivity index (χ2n) is 5.27. The Labute approximate surface area is 107 Å². The Morgan fingerprint density at radius 2 is 1.72 bits per heavy atom. The summed E-state index contributed by atoms with van der Waals surface area (Å²) in [6.45, 7) is 6.56. The summed E-state index contributed by atoms with van der Waals surface area (Å²) in [4.78, 5) is 0. The van der Waals surface area contributed by atoms with Crippen molar-refractivity contribution < 1.29 is 9.62 Å². The lowest BCUT2D eigenvalue weighted by Gasteiger charge is -2.18. The molecule has 0 amide bonds. The third kappa shape index (κ3) is 2.62. The van der Waals surface area contributed by atoms with Gasteiger partial charge in [-0.3, -0.25) is 0 Å². The highest BCUT2D eigenvalue weighted by Gasteiger charge is 2.13. The molecule has 3 heteroatoms. The van der Waals surface area contributed by atoms with E-state index in [1.807, 2.05) is 18.2 Å². The van der Waals surface area contributed by atoms with E-state index in [0.717, 1.165) is 11.3 Å². The van der Waals surface area contributed by atoms with E-state index in [1.54, 1.807) is 6.07 Å². The molecule has 1 N–H and O–H groups in total. The van der Waals surface area contributed by atoms with E-state index >= 15 is 0 Å². The van der Waals surface area contributed by atoms with Crippen molar-refractivity contribution in [2.45, 2.75) is 26.2 Å². The monoisotopic (exact) mass is 243 g/mol. The molecule has 1 aromatic heterocycles. The van der Waals surface area contributed by atoms with Crippen molar-refractivity contribution in [2.75, 3.05) is 0 Å². The first kappa shape index (κ1) is 12.4. The number of oxime groups is 1. The fraction of sp³-hybridized carbons (Fsp3) is 0.267. The molecule has 1 aromatic carbocycles. The van der Waals surface area contributed by atoms with Crippen LogP contribution in [0.3, 0.4) is 0 Å². The van der Waals surface area contributed by atoms with Gasteiger partial charge in [-0.15, -0.1) is 0 Å². The molecule has 0 unspecified atom stereocenters. The summed E-state index contributed by atoms with van der Waals surface area (Å²) in [5, 5.41) is 11.4. The lowest BCUT2D eigenvalue weighted by molar-refractivity contribution is 0.321. The van der Waals surface area contributed by atoms with Gasteiger partial charge in [0.25, 0.3) is 0 Å². The molecule has 0 atom stereocenters. The normalized spacial score (nSPS) is 12.2. The highest BCUT2D eigenvalue weighted by Crippen LogP contribution is 2.26. The minimum atomic E-state index is 0.149. The average Bonchev–Trinajstić information content (AvgIpc) is 2.77. The molecule has 0 radical (unpaired) electrons. The van der Waals surface area contributed by atoms with Gasteiger partial charge in [-0.25, -0.2) is 0 Å². The average molecular weight is 243 g/mol. The first-order valence-corrected chi connectivity index (χ1v) is 5.89. The summed E-state index contributed by atoms with van der Waals surface area (Å²) >= 11 is 0. The summed E-state index contributed by atoms with van der Waals surface area (Å²) in [7, 11) is 0. The summed E-state index contributed by atoms with van der Waals surface area (Å²) in [5.74, 6) is 1.30. The lowest BCUT2D eigenvalue weighted by Crippen LogP contribution is -2.10. The van der Waals surface area contributed by atoms with E-state index in [4.69, 9.17) is 9.62 Å². The number of benzene rings is 1. The second kappa shape index (κ2) is 4.69. The van der Waals surface area contributed by atoms with Crippen molar-refractivity contribution in [1.29, 1.82) is 0 Å². The standard InChI is InChI=1S/C15H17NO2/c1-15(2,3)12-6-4-11(5-7-12)14-9-8-13(18-14)10-16-17/h4-10,17H,1-3H3/b16-10+. The van der Waals surface area contributed by atoms with Gasteiger partial charge in [0.15, 0.2) is 0 Å². The van der Waals surface area contributed by atoms with Gasteiger partial charge in [-0.2, -0.15) is 0 Å². The molecule has 0 aliphatic rings. The van der Waals surface area contributed by atoms with Crippen LogP contribution < -0.4 is 0 Å². The van der Waals surface area contributed by atoms with Crippen LogP contribution in [0.25, 0.3) is 11.3 Å². The zero-order valence-electron chi connectivity index (χ0n) is 10.8. The van der Waals surface area contributed by atoms with E-state index in [9.17, 15) is 0 Å². The number of hydrogen-bond donors (Lipinski definition) is 1. The van der Waals surface area contributed by atoms with Gasteiger partial charge in [0.1, 0.15) is 17.7 Å².